The molecule has 1 fully saturated rings. The van der Waals surface area contributed by atoms with Gasteiger partial charge in [-0.05, 0) is 31.4 Å². The Labute approximate surface area is 78.3 Å². The first kappa shape index (κ1) is 9.65. The third-order valence-corrected chi connectivity index (χ3v) is 10.1. The molecule has 0 aromatic heterocycles. The van der Waals surface area contributed by atoms with Crippen LogP contribution in [-0.4, -0.2) is 18.6 Å². The van der Waals surface area contributed by atoms with Crippen LogP contribution in [-0.2, 0) is 11.8 Å². The Kier molecular flexibility index (Phi) is 3.50. The first-order valence-electron chi connectivity index (χ1n) is 3.80. The lowest BCUT2D eigenvalue weighted by atomic mass is 10.1. The molecular formula is C8H13PS2. The van der Waals surface area contributed by atoms with E-state index in [1.54, 1.807) is 0 Å². The van der Waals surface area contributed by atoms with Gasteiger partial charge in [0.25, 0.3) is 0 Å². The van der Waals surface area contributed by atoms with Crippen molar-refractivity contribution in [3.05, 3.63) is 0 Å². The van der Waals surface area contributed by atoms with Gasteiger partial charge in [0, 0.05) is 11.2 Å². The fraction of sp³-hybridized carbons (Fsp3) is 0.750. The molecule has 0 nitrogen and oxygen atoms in total. The summed E-state index contributed by atoms with van der Waals surface area (Å²) in [6.45, 7) is 0. The van der Waals surface area contributed by atoms with E-state index in [1.807, 2.05) is 11.4 Å². The molecule has 0 aromatic carbocycles. The van der Waals surface area contributed by atoms with Crippen molar-refractivity contribution in [2.24, 2.45) is 5.92 Å². The van der Waals surface area contributed by atoms with Gasteiger partial charge in [-0.15, -0.1) is 23.7 Å². The van der Waals surface area contributed by atoms with Crippen LogP contribution in [0.15, 0.2) is 0 Å². The van der Waals surface area contributed by atoms with E-state index in [9.17, 15) is 0 Å². The standard InChI is InChI=1S/C8H13PS2/c1-3-8-5-4-6-9(10,7-8)11-2/h1,8H,4-7H2,2H3. The van der Waals surface area contributed by atoms with E-state index in [-0.39, 0.29) is 0 Å². The predicted molar refractivity (Wildman–Crippen MR) is 59.1 cm³/mol. The van der Waals surface area contributed by atoms with Gasteiger partial charge in [0.05, 0.1) is 0 Å². The van der Waals surface area contributed by atoms with Crippen molar-refractivity contribution in [3.63, 3.8) is 0 Å². The van der Waals surface area contributed by atoms with Crippen molar-refractivity contribution in [2.75, 3.05) is 18.6 Å². The molecule has 62 valence electrons. The number of hydrogen-bond donors (Lipinski definition) is 0. The Balaban J connectivity index is 2.61. The van der Waals surface area contributed by atoms with Gasteiger partial charge in [-0.1, -0.05) is 11.8 Å². The molecule has 2 unspecified atom stereocenters. The Bertz CT molecular complexity index is 217. The van der Waals surface area contributed by atoms with Crippen LogP contribution in [0.25, 0.3) is 0 Å². The van der Waals surface area contributed by atoms with Crippen LogP contribution < -0.4 is 0 Å². The van der Waals surface area contributed by atoms with Gasteiger partial charge in [0.15, 0.2) is 0 Å². The van der Waals surface area contributed by atoms with E-state index in [0.29, 0.717) is 5.92 Å². The maximum absolute atomic E-state index is 5.58. The van der Waals surface area contributed by atoms with Crippen LogP contribution in [0.4, 0.5) is 0 Å². The zero-order valence-corrected chi connectivity index (χ0v) is 9.27. The molecule has 0 spiro atoms. The van der Waals surface area contributed by atoms with E-state index < -0.39 is 5.24 Å². The van der Waals surface area contributed by atoms with Crippen molar-refractivity contribution in [1.29, 1.82) is 0 Å². The molecule has 0 amide bonds. The van der Waals surface area contributed by atoms with E-state index >= 15 is 0 Å². The summed E-state index contributed by atoms with van der Waals surface area (Å²) in [4.78, 5) is 0. The van der Waals surface area contributed by atoms with Crippen molar-refractivity contribution in [3.8, 4) is 12.3 Å². The van der Waals surface area contributed by atoms with Gasteiger partial charge in [-0.2, -0.15) is 0 Å². The Morgan fingerprint density at radius 1 is 1.73 bits per heavy atom. The molecule has 1 rings (SSSR count). The third-order valence-electron chi connectivity index (χ3n) is 2.12. The molecule has 0 saturated carbocycles. The molecule has 0 N–H and O–H groups in total. The smallest absolute Gasteiger partial charge is 0.0254 e. The monoisotopic (exact) mass is 204 g/mol. The van der Waals surface area contributed by atoms with Crippen molar-refractivity contribution in [1.82, 2.24) is 0 Å². The minimum Gasteiger partial charge on any atom is -0.127 e. The van der Waals surface area contributed by atoms with Gasteiger partial charge in [0.1, 0.15) is 0 Å². The van der Waals surface area contributed by atoms with Crippen molar-refractivity contribution in [2.45, 2.75) is 12.8 Å². The minimum absolute atomic E-state index is 0.488. The van der Waals surface area contributed by atoms with Crippen LogP contribution in [0, 0.1) is 18.3 Å². The molecule has 2 atom stereocenters. The second kappa shape index (κ2) is 3.99. The number of rotatable bonds is 1. The van der Waals surface area contributed by atoms with E-state index in [4.69, 9.17) is 18.2 Å². The first-order chi connectivity index (χ1) is 5.20. The van der Waals surface area contributed by atoms with Gasteiger partial charge < -0.3 is 0 Å². The van der Waals surface area contributed by atoms with Crippen LogP contribution in [0.1, 0.15) is 12.8 Å². The highest BCUT2D eigenvalue weighted by Gasteiger charge is 2.24. The lowest BCUT2D eigenvalue weighted by Crippen LogP contribution is -2.11. The molecular weight excluding hydrogens is 191 g/mol. The highest BCUT2D eigenvalue weighted by Crippen LogP contribution is 2.61. The Morgan fingerprint density at radius 3 is 3.00 bits per heavy atom. The molecule has 0 radical (unpaired) electrons. The van der Waals surface area contributed by atoms with Crippen LogP contribution in [0.2, 0.25) is 0 Å². The molecule has 3 heteroatoms. The minimum atomic E-state index is -1.06. The Morgan fingerprint density at radius 2 is 2.45 bits per heavy atom. The molecule has 1 aliphatic heterocycles. The molecule has 0 aliphatic carbocycles. The Hall–Kier alpha value is 0.560. The van der Waals surface area contributed by atoms with Gasteiger partial charge in [-0.3, -0.25) is 0 Å². The predicted octanol–water partition coefficient (Wildman–Crippen LogP) is 2.79. The highest BCUT2D eigenvalue weighted by atomic mass is 32.9. The molecule has 1 saturated heterocycles. The van der Waals surface area contributed by atoms with E-state index in [0.717, 1.165) is 6.16 Å². The summed E-state index contributed by atoms with van der Waals surface area (Å²) in [5, 5.41) is -1.06. The maximum atomic E-state index is 5.58. The summed E-state index contributed by atoms with van der Waals surface area (Å²) in [6, 6.07) is 0. The summed E-state index contributed by atoms with van der Waals surface area (Å²) in [5.74, 6) is 3.33. The lowest BCUT2D eigenvalue weighted by molar-refractivity contribution is 0.643. The third kappa shape index (κ3) is 2.51. The van der Waals surface area contributed by atoms with E-state index in [2.05, 4.69) is 12.2 Å². The van der Waals surface area contributed by atoms with Gasteiger partial charge in [0.2, 0.25) is 0 Å². The van der Waals surface area contributed by atoms with Gasteiger partial charge >= 0.3 is 0 Å². The molecule has 0 aromatic rings. The zero-order valence-electron chi connectivity index (χ0n) is 6.75. The highest BCUT2D eigenvalue weighted by molar-refractivity contribution is 8.70. The number of terminal acetylenes is 1. The largest absolute Gasteiger partial charge is 0.127 e. The summed E-state index contributed by atoms with van der Waals surface area (Å²) in [7, 11) is 0. The normalized spacial score (nSPS) is 38.0. The van der Waals surface area contributed by atoms with E-state index in [1.165, 1.54) is 19.0 Å². The van der Waals surface area contributed by atoms with Crippen LogP contribution >= 0.6 is 16.6 Å². The average molecular weight is 204 g/mol. The zero-order chi connectivity index (χ0) is 8.32. The summed E-state index contributed by atoms with van der Waals surface area (Å²) >= 11 is 7.47. The maximum Gasteiger partial charge on any atom is 0.0254 e. The molecule has 1 aliphatic rings. The summed E-state index contributed by atoms with van der Waals surface area (Å²) in [6.07, 6.45) is 12.4. The quantitative estimate of drug-likeness (QED) is 0.476. The molecule has 11 heavy (non-hydrogen) atoms. The fourth-order valence-electron chi connectivity index (χ4n) is 1.40. The van der Waals surface area contributed by atoms with Crippen LogP contribution in [0.3, 0.4) is 0 Å². The molecule has 0 bridgehead atoms. The SMILES string of the molecule is C#CC1CCCP(=S)(SC)C1. The van der Waals surface area contributed by atoms with Crippen molar-refractivity contribution >= 4 is 28.4 Å². The summed E-state index contributed by atoms with van der Waals surface area (Å²) < 4.78 is 0. The second-order valence-electron chi connectivity index (χ2n) is 2.91. The lowest BCUT2D eigenvalue weighted by Gasteiger charge is -2.28. The molecule has 1 heterocycles. The van der Waals surface area contributed by atoms with Crippen LogP contribution in [0.5, 0.6) is 0 Å². The first-order valence-corrected chi connectivity index (χ1v) is 8.80. The number of hydrogen-bond acceptors (Lipinski definition) is 2. The van der Waals surface area contributed by atoms with Crippen molar-refractivity contribution < 1.29 is 0 Å². The topological polar surface area (TPSA) is 0 Å². The summed E-state index contributed by atoms with van der Waals surface area (Å²) in [5.41, 5.74) is 0. The fourth-order valence-corrected chi connectivity index (χ4v) is 6.39. The second-order valence-corrected chi connectivity index (χ2v) is 11.7. The average Bonchev–Trinajstić information content (AvgIpc) is 2.05. The van der Waals surface area contributed by atoms with Gasteiger partial charge in [-0.25, -0.2) is 0 Å².